The van der Waals surface area contributed by atoms with Gasteiger partial charge in [-0.2, -0.15) is 5.10 Å². The predicted octanol–water partition coefficient (Wildman–Crippen LogP) is 0.746. The molecule has 0 fully saturated rings. The fourth-order valence-electron chi connectivity index (χ4n) is 1.72. The quantitative estimate of drug-likeness (QED) is 0.766. The van der Waals surface area contributed by atoms with Crippen molar-refractivity contribution in [3.05, 3.63) is 29.7 Å². The molecular weight excluding hydrogens is 232 g/mol. The molecule has 0 aliphatic carbocycles. The van der Waals surface area contributed by atoms with E-state index in [0.29, 0.717) is 13.1 Å². The fourth-order valence-corrected chi connectivity index (χ4v) is 1.72. The number of fused-ring (bicyclic) bond motifs is 1. The van der Waals surface area contributed by atoms with Gasteiger partial charge in [-0.1, -0.05) is 0 Å². The molecule has 0 aliphatic heterocycles. The van der Waals surface area contributed by atoms with Gasteiger partial charge in [0.15, 0.2) is 11.9 Å². The van der Waals surface area contributed by atoms with Crippen LogP contribution in [-0.4, -0.2) is 41.7 Å². The Balaban J connectivity index is 1.95. The summed E-state index contributed by atoms with van der Waals surface area (Å²) in [7, 11) is 3.24. The number of rotatable bonds is 6. The fraction of sp³-hybridized carbons (Fsp3) is 0.500. The van der Waals surface area contributed by atoms with Crippen LogP contribution in [0.2, 0.25) is 0 Å². The highest BCUT2D eigenvalue weighted by molar-refractivity contribution is 5.38. The van der Waals surface area contributed by atoms with Crippen LogP contribution in [0.15, 0.2) is 18.5 Å². The number of aryl methyl sites for hydroxylation is 1. The van der Waals surface area contributed by atoms with Crippen LogP contribution < -0.4 is 5.32 Å². The molecule has 0 bridgehead atoms. The number of methoxy groups -OCH3 is 2. The van der Waals surface area contributed by atoms with E-state index in [-0.39, 0.29) is 6.29 Å². The first-order valence-corrected chi connectivity index (χ1v) is 5.80. The molecule has 1 N–H and O–H groups in total. The van der Waals surface area contributed by atoms with Gasteiger partial charge in [-0.25, -0.2) is 9.50 Å². The molecule has 0 atom stereocenters. The smallest absolute Gasteiger partial charge is 0.169 e. The first-order valence-electron chi connectivity index (χ1n) is 5.80. The summed E-state index contributed by atoms with van der Waals surface area (Å²) in [4.78, 5) is 4.34. The molecule has 6 nitrogen and oxygen atoms in total. The van der Waals surface area contributed by atoms with Crippen molar-refractivity contribution in [3.63, 3.8) is 0 Å². The van der Waals surface area contributed by atoms with Gasteiger partial charge in [0.2, 0.25) is 0 Å². The lowest BCUT2D eigenvalue weighted by molar-refractivity contribution is -0.0989. The van der Waals surface area contributed by atoms with Gasteiger partial charge in [-0.05, 0) is 6.92 Å². The third-order valence-corrected chi connectivity index (χ3v) is 2.65. The number of hydrogen-bond donors (Lipinski definition) is 1. The summed E-state index contributed by atoms with van der Waals surface area (Å²) in [6.07, 6.45) is 3.59. The SMILES string of the molecule is COC(CNCc1cnc2cc(C)nn2c1)OC. The molecular formula is C12H18N4O2. The van der Waals surface area contributed by atoms with Crippen LogP contribution in [0.4, 0.5) is 0 Å². The summed E-state index contributed by atoms with van der Waals surface area (Å²) in [5.74, 6) is 0. The Labute approximate surface area is 106 Å². The topological polar surface area (TPSA) is 60.7 Å². The van der Waals surface area contributed by atoms with E-state index in [9.17, 15) is 0 Å². The maximum Gasteiger partial charge on any atom is 0.169 e. The van der Waals surface area contributed by atoms with Gasteiger partial charge in [-0.15, -0.1) is 0 Å². The monoisotopic (exact) mass is 250 g/mol. The van der Waals surface area contributed by atoms with Crippen molar-refractivity contribution in [2.45, 2.75) is 19.8 Å². The second-order valence-electron chi connectivity index (χ2n) is 4.08. The van der Waals surface area contributed by atoms with Crippen LogP contribution >= 0.6 is 0 Å². The van der Waals surface area contributed by atoms with E-state index in [2.05, 4.69) is 15.4 Å². The van der Waals surface area contributed by atoms with Crippen molar-refractivity contribution in [3.8, 4) is 0 Å². The molecule has 0 saturated carbocycles. The average molecular weight is 250 g/mol. The molecule has 2 aromatic heterocycles. The summed E-state index contributed by atoms with van der Waals surface area (Å²) in [5, 5.41) is 7.57. The molecule has 0 unspecified atom stereocenters. The molecule has 98 valence electrons. The van der Waals surface area contributed by atoms with Crippen molar-refractivity contribution in [1.82, 2.24) is 19.9 Å². The number of nitrogens with one attached hydrogen (secondary N) is 1. The highest BCUT2D eigenvalue weighted by atomic mass is 16.7. The lowest BCUT2D eigenvalue weighted by atomic mass is 10.3. The lowest BCUT2D eigenvalue weighted by Gasteiger charge is -2.13. The largest absolute Gasteiger partial charge is 0.355 e. The Hall–Kier alpha value is -1.50. The summed E-state index contributed by atoms with van der Waals surface area (Å²) in [6.45, 7) is 3.28. The van der Waals surface area contributed by atoms with Crippen LogP contribution in [0.5, 0.6) is 0 Å². The van der Waals surface area contributed by atoms with E-state index >= 15 is 0 Å². The molecule has 18 heavy (non-hydrogen) atoms. The Bertz CT molecular complexity index is 508. The Morgan fingerprint density at radius 1 is 1.39 bits per heavy atom. The number of nitrogens with zero attached hydrogens (tertiary/aromatic N) is 3. The first kappa shape index (κ1) is 12.9. The highest BCUT2D eigenvalue weighted by Crippen LogP contribution is 2.04. The average Bonchev–Trinajstić information content (AvgIpc) is 2.74. The van der Waals surface area contributed by atoms with Crippen molar-refractivity contribution in [1.29, 1.82) is 0 Å². The van der Waals surface area contributed by atoms with Gasteiger partial charge in [-0.3, -0.25) is 0 Å². The number of hydrogen-bond acceptors (Lipinski definition) is 5. The maximum atomic E-state index is 5.09. The second-order valence-corrected chi connectivity index (χ2v) is 4.08. The van der Waals surface area contributed by atoms with Gasteiger partial charge in [0.1, 0.15) is 0 Å². The van der Waals surface area contributed by atoms with Crippen LogP contribution in [0.1, 0.15) is 11.3 Å². The van der Waals surface area contributed by atoms with E-state index in [1.807, 2.05) is 25.4 Å². The Morgan fingerprint density at radius 2 is 2.17 bits per heavy atom. The molecule has 0 spiro atoms. The van der Waals surface area contributed by atoms with Gasteiger partial charge >= 0.3 is 0 Å². The Morgan fingerprint density at radius 3 is 2.89 bits per heavy atom. The minimum absolute atomic E-state index is 0.228. The molecule has 0 aliphatic rings. The van der Waals surface area contributed by atoms with E-state index in [4.69, 9.17) is 9.47 Å². The Kier molecular flexibility index (Phi) is 4.24. The molecule has 6 heteroatoms. The van der Waals surface area contributed by atoms with Gasteiger partial charge in [0.25, 0.3) is 0 Å². The molecule has 0 amide bonds. The third kappa shape index (κ3) is 3.04. The summed E-state index contributed by atoms with van der Waals surface area (Å²) in [6, 6.07) is 1.95. The molecule has 2 aromatic rings. The summed E-state index contributed by atoms with van der Waals surface area (Å²) in [5.41, 5.74) is 2.89. The van der Waals surface area contributed by atoms with Crippen molar-refractivity contribution in [2.24, 2.45) is 0 Å². The van der Waals surface area contributed by atoms with Crippen molar-refractivity contribution < 1.29 is 9.47 Å². The third-order valence-electron chi connectivity index (χ3n) is 2.65. The predicted molar refractivity (Wildman–Crippen MR) is 67.2 cm³/mol. The molecule has 0 aromatic carbocycles. The zero-order valence-electron chi connectivity index (χ0n) is 10.9. The maximum absolute atomic E-state index is 5.09. The van der Waals surface area contributed by atoms with Crippen molar-refractivity contribution in [2.75, 3.05) is 20.8 Å². The van der Waals surface area contributed by atoms with Crippen LogP contribution in [0.25, 0.3) is 5.65 Å². The zero-order chi connectivity index (χ0) is 13.0. The lowest BCUT2D eigenvalue weighted by Crippen LogP contribution is -2.29. The summed E-state index contributed by atoms with van der Waals surface area (Å²) < 4.78 is 12.0. The first-order chi connectivity index (χ1) is 8.72. The zero-order valence-corrected chi connectivity index (χ0v) is 10.9. The van der Waals surface area contributed by atoms with E-state index in [0.717, 1.165) is 16.9 Å². The van der Waals surface area contributed by atoms with Crippen LogP contribution in [0.3, 0.4) is 0 Å². The number of ether oxygens (including phenoxy) is 2. The van der Waals surface area contributed by atoms with Gasteiger partial charge in [0, 0.05) is 51.3 Å². The van der Waals surface area contributed by atoms with Gasteiger partial charge in [0.05, 0.1) is 5.69 Å². The molecule has 2 heterocycles. The van der Waals surface area contributed by atoms with Crippen LogP contribution in [-0.2, 0) is 16.0 Å². The second kappa shape index (κ2) is 5.90. The minimum Gasteiger partial charge on any atom is -0.355 e. The molecule has 0 saturated heterocycles. The minimum atomic E-state index is -0.228. The molecule has 2 rings (SSSR count). The standard InChI is InChI=1S/C12H18N4O2/c1-9-4-11-14-6-10(8-16(11)15-9)5-13-7-12(17-2)18-3/h4,6,8,12-13H,5,7H2,1-3H3. The van der Waals surface area contributed by atoms with Crippen molar-refractivity contribution >= 4 is 5.65 Å². The highest BCUT2D eigenvalue weighted by Gasteiger charge is 2.05. The number of aromatic nitrogens is 3. The van der Waals surface area contributed by atoms with Gasteiger partial charge < -0.3 is 14.8 Å². The van der Waals surface area contributed by atoms with Crippen LogP contribution in [0, 0.1) is 6.92 Å². The van der Waals surface area contributed by atoms with E-state index < -0.39 is 0 Å². The van der Waals surface area contributed by atoms with E-state index in [1.165, 1.54) is 0 Å². The summed E-state index contributed by atoms with van der Waals surface area (Å²) >= 11 is 0. The van der Waals surface area contributed by atoms with E-state index in [1.54, 1.807) is 18.7 Å². The normalized spacial score (nSPS) is 11.6. The molecule has 0 radical (unpaired) electrons.